The van der Waals surface area contributed by atoms with Crippen molar-refractivity contribution in [1.82, 2.24) is 16.0 Å². The topological polar surface area (TPSA) is 189 Å². The summed E-state index contributed by atoms with van der Waals surface area (Å²) in [4.78, 5) is 51.1. The fourth-order valence-corrected chi connectivity index (χ4v) is 2.40. The molecule has 0 aromatic rings. The van der Waals surface area contributed by atoms with E-state index in [0.29, 0.717) is 6.42 Å². The number of carbonyl (C=O) groups excluding carboxylic acids is 3. The molecule has 8 N–H and O–H groups in total. The summed E-state index contributed by atoms with van der Waals surface area (Å²) in [7, 11) is 0. The first-order valence-electron chi connectivity index (χ1n) is 9.10. The third kappa shape index (κ3) is 11.0. The van der Waals surface area contributed by atoms with Crippen molar-refractivity contribution in [1.29, 1.82) is 0 Å². The molecule has 0 aliphatic heterocycles. The van der Waals surface area contributed by atoms with Crippen LogP contribution in [0.3, 0.4) is 0 Å². The Morgan fingerprint density at radius 2 is 1.54 bits per heavy atom. The molecule has 0 aliphatic rings. The van der Waals surface area contributed by atoms with Gasteiger partial charge in [-0.05, 0) is 32.1 Å². The van der Waals surface area contributed by atoms with Gasteiger partial charge in [-0.1, -0.05) is 13.8 Å². The lowest BCUT2D eigenvalue weighted by Gasteiger charge is -2.23. The summed E-state index contributed by atoms with van der Waals surface area (Å²) in [6, 6.07) is -2.92. The van der Waals surface area contributed by atoms with Crippen LogP contribution in [0, 0.1) is 5.92 Å². The van der Waals surface area contributed by atoms with Crippen molar-refractivity contribution in [2.24, 2.45) is 22.4 Å². The van der Waals surface area contributed by atoms with Gasteiger partial charge in [0.2, 0.25) is 17.7 Å². The molecular formula is C17H32N6O5. The highest BCUT2D eigenvalue weighted by Gasteiger charge is 2.28. The highest BCUT2D eigenvalue weighted by molar-refractivity contribution is 5.93. The van der Waals surface area contributed by atoms with Crippen molar-refractivity contribution in [2.75, 3.05) is 6.54 Å². The summed E-state index contributed by atoms with van der Waals surface area (Å²) >= 11 is 0. The SMILES string of the molecule is CC(=O)N[C@@H](C)C(=O)N[C@@H](CCCN=C(N)N)C(=O)N[C@@H](CC(C)C)C(=O)O. The second-order valence-electron chi connectivity index (χ2n) is 6.96. The average Bonchev–Trinajstić information content (AvgIpc) is 2.55. The Hall–Kier alpha value is -2.85. The van der Waals surface area contributed by atoms with E-state index in [0.717, 1.165) is 0 Å². The first-order valence-corrected chi connectivity index (χ1v) is 9.10. The van der Waals surface area contributed by atoms with E-state index in [9.17, 15) is 24.3 Å². The Balaban J connectivity index is 5.14. The average molecular weight is 400 g/mol. The predicted molar refractivity (Wildman–Crippen MR) is 104 cm³/mol. The molecule has 0 bridgehead atoms. The van der Waals surface area contributed by atoms with Gasteiger partial charge in [0.1, 0.15) is 18.1 Å². The van der Waals surface area contributed by atoms with E-state index in [-0.39, 0.29) is 37.2 Å². The maximum Gasteiger partial charge on any atom is 0.326 e. The van der Waals surface area contributed by atoms with Crippen LogP contribution < -0.4 is 27.4 Å². The van der Waals surface area contributed by atoms with E-state index in [1.165, 1.54) is 13.8 Å². The Morgan fingerprint density at radius 3 is 2.00 bits per heavy atom. The maximum atomic E-state index is 12.6. The van der Waals surface area contributed by atoms with Crippen molar-refractivity contribution in [2.45, 2.75) is 65.1 Å². The number of rotatable bonds is 12. The van der Waals surface area contributed by atoms with Crippen LogP contribution in [0.2, 0.25) is 0 Å². The monoisotopic (exact) mass is 400 g/mol. The van der Waals surface area contributed by atoms with Crippen LogP contribution in [0.4, 0.5) is 0 Å². The molecule has 11 nitrogen and oxygen atoms in total. The number of carboxylic acids is 1. The fourth-order valence-electron chi connectivity index (χ4n) is 2.40. The number of nitrogens with two attached hydrogens (primary N) is 2. The summed E-state index contributed by atoms with van der Waals surface area (Å²) < 4.78 is 0. The van der Waals surface area contributed by atoms with Crippen LogP contribution in [0.5, 0.6) is 0 Å². The van der Waals surface area contributed by atoms with E-state index in [1.807, 2.05) is 13.8 Å². The minimum atomic E-state index is -1.15. The van der Waals surface area contributed by atoms with Gasteiger partial charge in [0, 0.05) is 13.5 Å². The van der Waals surface area contributed by atoms with Crippen LogP contribution in [0.15, 0.2) is 4.99 Å². The third-order valence-corrected chi connectivity index (χ3v) is 3.71. The van der Waals surface area contributed by atoms with E-state index in [4.69, 9.17) is 11.5 Å². The third-order valence-electron chi connectivity index (χ3n) is 3.71. The van der Waals surface area contributed by atoms with Gasteiger partial charge in [-0.3, -0.25) is 19.4 Å². The summed E-state index contributed by atoms with van der Waals surface area (Å²) in [5, 5.41) is 16.7. The molecule has 160 valence electrons. The van der Waals surface area contributed by atoms with E-state index in [1.54, 1.807) is 0 Å². The van der Waals surface area contributed by atoms with Crippen molar-refractivity contribution >= 4 is 29.7 Å². The number of amides is 3. The highest BCUT2D eigenvalue weighted by Crippen LogP contribution is 2.07. The number of hydrogen-bond donors (Lipinski definition) is 6. The largest absolute Gasteiger partial charge is 0.480 e. The van der Waals surface area contributed by atoms with Crippen LogP contribution >= 0.6 is 0 Å². The molecule has 0 radical (unpaired) electrons. The van der Waals surface area contributed by atoms with Crippen molar-refractivity contribution < 1.29 is 24.3 Å². The molecule has 0 rings (SSSR count). The van der Waals surface area contributed by atoms with Crippen LogP contribution in [-0.4, -0.2) is 59.4 Å². The van der Waals surface area contributed by atoms with Crippen molar-refractivity contribution in [3.63, 3.8) is 0 Å². The van der Waals surface area contributed by atoms with Gasteiger partial charge in [-0.25, -0.2) is 4.79 Å². The summed E-state index contributed by atoms with van der Waals surface area (Å²) in [5.41, 5.74) is 10.5. The van der Waals surface area contributed by atoms with Gasteiger partial charge in [0.25, 0.3) is 0 Å². The molecule has 0 aromatic carbocycles. The Bertz CT molecular complexity index is 589. The Kier molecular flexibility index (Phi) is 11.2. The first-order chi connectivity index (χ1) is 12.9. The number of nitrogens with one attached hydrogen (secondary N) is 3. The van der Waals surface area contributed by atoms with Gasteiger partial charge in [-0.2, -0.15) is 0 Å². The number of nitrogens with zero attached hydrogens (tertiary/aromatic N) is 1. The molecule has 11 heteroatoms. The molecular weight excluding hydrogens is 368 g/mol. The molecule has 28 heavy (non-hydrogen) atoms. The molecule has 3 atom stereocenters. The zero-order valence-corrected chi connectivity index (χ0v) is 16.8. The lowest BCUT2D eigenvalue weighted by atomic mass is 10.0. The minimum absolute atomic E-state index is 0.0519. The number of hydrogen-bond acceptors (Lipinski definition) is 5. The van der Waals surface area contributed by atoms with Crippen LogP contribution in [0.25, 0.3) is 0 Å². The standard InChI is InChI=1S/C17H32N6O5/c1-9(2)8-13(16(27)28)23-15(26)12(6-5-7-20-17(18)19)22-14(25)10(3)21-11(4)24/h9-10,12-13H,5-8H2,1-4H3,(H,21,24)(H,22,25)(H,23,26)(H,27,28)(H4,18,19,20)/t10-,12-,13-/m0/s1. The smallest absolute Gasteiger partial charge is 0.326 e. The molecule has 0 spiro atoms. The molecule has 0 aliphatic carbocycles. The lowest BCUT2D eigenvalue weighted by Crippen LogP contribution is -2.55. The lowest BCUT2D eigenvalue weighted by molar-refractivity contribution is -0.142. The van der Waals surface area contributed by atoms with Crippen LogP contribution in [0.1, 0.15) is 47.0 Å². The van der Waals surface area contributed by atoms with Gasteiger partial charge in [0.15, 0.2) is 5.96 Å². The Labute approximate surface area is 164 Å². The highest BCUT2D eigenvalue weighted by atomic mass is 16.4. The fraction of sp³-hybridized carbons (Fsp3) is 0.706. The Morgan fingerprint density at radius 1 is 0.964 bits per heavy atom. The number of aliphatic carboxylic acids is 1. The zero-order valence-electron chi connectivity index (χ0n) is 16.8. The van der Waals surface area contributed by atoms with E-state index >= 15 is 0 Å². The number of guanidine groups is 1. The molecule has 0 saturated carbocycles. The van der Waals surface area contributed by atoms with Gasteiger partial charge >= 0.3 is 5.97 Å². The van der Waals surface area contributed by atoms with Crippen LogP contribution in [-0.2, 0) is 19.2 Å². The normalized spacial score (nSPS) is 13.8. The zero-order chi connectivity index (χ0) is 21.9. The molecule has 3 amide bonds. The van der Waals surface area contributed by atoms with E-state index < -0.39 is 35.9 Å². The van der Waals surface area contributed by atoms with Gasteiger partial charge < -0.3 is 32.5 Å². The number of carbonyl (C=O) groups is 4. The second-order valence-corrected chi connectivity index (χ2v) is 6.96. The molecule has 0 fully saturated rings. The minimum Gasteiger partial charge on any atom is -0.480 e. The summed E-state index contributed by atoms with van der Waals surface area (Å²) in [6.07, 6.45) is 0.819. The van der Waals surface area contributed by atoms with E-state index in [2.05, 4.69) is 20.9 Å². The molecule has 0 saturated heterocycles. The summed E-state index contributed by atoms with van der Waals surface area (Å²) in [6.45, 7) is 6.67. The molecule has 0 heterocycles. The van der Waals surface area contributed by atoms with Gasteiger partial charge in [-0.15, -0.1) is 0 Å². The predicted octanol–water partition coefficient (Wildman–Crippen LogP) is -1.34. The van der Waals surface area contributed by atoms with Crippen molar-refractivity contribution in [3.05, 3.63) is 0 Å². The van der Waals surface area contributed by atoms with Crippen molar-refractivity contribution in [3.8, 4) is 0 Å². The molecule has 0 unspecified atom stereocenters. The second kappa shape index (κ2) is 12.5. The molecule has 0 aromatic heterocycles. The van der Waals surface area contributed by atoms with Gasteiger partial charge in [0.05, 0.1) is 0 Å². The number of carboxylic acid groups (broad SMARTS) is 1. The summed E-state index contributed by atoms with van der Waals surface area (Å²) in [5.74, 6) is -2.77. The first kappa shape index (κ1) is 25.1. The maximum absolute atomic E-state index is 12.6. The number of aliphatic imine (C=N–C) groups is 1. The quantitative estimate of drug-likeness (QED) is 0.133.